The number of benzene rings is 1. The van der Waals surface area contributed by atoms with E-state index in [2.05, 4.69) is 36.2 Å². The van der Waals surface area contributed by atoms with Gasteiger partial charge in [-0.1, -0.05) is 22.0 Å². The third kappa shape index (κ3) is 3.24. The summed E-state index contributed by atoms with van der Waals surface area (Å²) in [6.07, 6.45) is 1.48. The summed E-state index contributed by atoms with van der Waals surface area (Å²) >= 11 is 3.51. The van der Waals surface area contributed by atoms with E-state index in [1.807, 2.05) is 31.2 Å². The molecule has 124 valence electrons. The summed E-state index contributed by atoms with van der Waals surface area (Å²) in [6, 6.07) is 7.69. The predicted octanol–water partition coefficient (Wildman–Crippen LogP) is 2.25. The number of carbonyl (C=O) groups excluding carboxylic acids is 1. The molecule has 0 saturated carbocycles. The number of anilines is 1. The first-order valence-corrected chi connectivity index (χ1v) is 8.19. The Morgan fingerprint density at radius 2 is 2.25 bits per heavy atom. The van der Waals surface area contributed by atoms with Crippen molar-refractivity contribution in [2.75, 3.05) is 11.9 Å². The van der Waals surface area contributed by atoms with Crippen LogP contribution in [0.4, 0.5) is 5.82 Å². The second-order valence-corrected chi connectivity index (χ2v) is 6.41. The van der Waals surface area contributed by atoms with Gasteiger partial charge in [-0.15, -0.1) is 0 Å². The predicted molar refractivity (Wildman–Crippen MR) is 97.7 cm³/mol. The number of amides is 1. The van der Waals surface area contributed by atoms with Crippen LogP contribution < -0.4 is 16.8 Å². The lowest BCUT2D eigenvalue weighted by Gasteiger charge is -2.10. The van der Waals surface area contributed by atoms with E-state index < -0.39 is 5.91 Å². The lowest BCUT2D eigenvalue weighted by Crippen LogP contribution is -2.26. The molecule has 7 nitrogen and oxygen atoms in total. The summed E-state index contributed by atoms with van der Waals surface area (Å²) in [6.45, 7) is 2.43. The first kappa shape index (κ1) is 16.4. The number of aromatic amines is 1. The molecule has 0 fully saturated rings. The van der Waals surface area contributed by atoms with Crippen LogP contribution in [0.2, 0.25) is 0 Å². The zero-order valence-corrected chi connectivity index (χ0v) is 14.6. The van der Waals surface area contributed by atoms with Crippen molar-refractivity contribution in [3.63, 3.8) is 0 Å². The number of nitrogens with zero attached hydrogens (tertiary/aromatic N) is 2. The van der Waals surface area contributed by atoms with Crippen LogP contribution in [0.15, 0.2) is 34.9 Å². The molecule has 1 atom stereocenters. The minimum atomic E-state index is -0.631. The Bertz CT molecular complexity index is 905. The number of nitrogens with two attached hydrogens (primary N) is 2. The van der Waals surface area contributed by atoms with Crippen molar-refractivity contribution in [1.29, 1.82) is 0 Å². The molecule has 0 saturated heterocycles. The SMILES string of the molecule is C[C@H](N)CNc1cnc(C(N)=O)c(-c2cc3c(Br)cccc3[nH]2)n1. The van der Waals surface area contributed by atoms with Gasteiger partial charge in [0.1, 0.15) is 11.5 Å². The zero-order valence-electron chi connectivity index (χ0n) is 13.0. The Kier molecular flexibility index (Phi) is 4.50. The number of H-pyrrole nitrogens is 1. The maximum atomic E-state index is 11.7. The lowest BCUT2D eigenvalue weighted by molar-refractivity contribution is 0.0996. The maximum Gasteiger partial charge on any atom is 0.269 e. The van der Waals surface area contributed by atoms with Gasteiger partial charge >= 0.3 is 0 Å². The van der Waals surface area contributed by atoms with Crippen LogP contribution in [0.1, 0.15) is 17.4 Å². The van der Waals surface area contributed by atoms with Crippen molar-refractivity contribution in [2.45, 2.75) is 13.0 Å². The fourth-order valence-corrected chi connectivity index (χ4v) is 2.83. The van der Waals surface area contributed by atoms with Crippen LogP contribution in [0, 0.1) is 0 Å². The summed E-state index contributed by atoms with van der Waals surface area (Å²) in [4.78, 5) is 23.6. The first-order chi connectivity index (χ1) is 11.5. The summed E-state index contributed by atoms with van der Waals surface area (Å²) < 4.78 is 0.947. The molecule has 6 N–H and O–H groups in total. The van der Waals surface area contributed by atoms with Gasteiger partial charge in [0, 0.05) is 28.0 Å². The number of aromatic nitrogens is 3. The Morgan fingerprint density at radius 3 is 2.92 bits per heavy atom. The second-order valence-electron chi connectivity index (χ2n) is 5.56. The average Bonchev–Trinajstić information content (AvgIpc) is 2.98. The molecule has 0 bridgehead atoms. The van der Waals surface area contributed by atoms with Crippen LogP contribution in [-0.4, -0.2) is 33.4 Å². The van der Waals surface area contributed by atoms with E-state index >= 15 is 0 Å². The van der Waals surface area contributed by atoms with Gasteiger partial charge in [0.2, 0.25) is 0 Å². The van der Waals surface area contributed by atoms with Gasteiger partial charge in [-0.05, 0) is 25.1 Å². The van der Waals surface area contributed by atoms with E-state index in [4.69, 9.17) is 11.5 Å². The normalized spacial score (nSPS) is 12.3. The molecule has 24 heavy (non-hydrogen) atoms. The molecular weight excluding hydrogens is 372 g/mol. The highest BCUT2D eigenvalue weighted by molar-refractivity contribution is 9.10. The molecule has 0 unspecified atom stereocenters. The highest BCUT2D eigenvalue weighted by Gasteiger charge is 2.17. The average molecular weight is 389 g/mol. The highest BCUT2D eigenvalue weighted by Crippen LogP contribution is 2.30. The molecule has 0 aliphatic carbocycles. The molecule has 2 aromatic heterocycles. The Hall–Kier alpha value is -2.45. The van der Waals surface area contributed by atoms with Crippen LogP contribution in [0.25, 0.3) is 22.3 Å². The minimum Gasteiger partial charge on any atom is -0.367 e. The minimum absolute atomic E-state index is 0.0323. The molecule has 8 heteroatoms. The van der Waals surface area contributed by atoms with E-state index in [-0.39, 0.29) is 11.7 Å². The Balaban J connectivity index is 2.10. The molecule has 0 aliphatic heterocycles. The number of nitrogens with one attached hydrogen (secondary N) is 2. The topological polar surface area (TPSA) is 123 Å². The van der Waals surface area contributed by atoms with Gasteiger partial charge in [0.25, 0.3) is 5.91 Å². The van der Waals surface area contributed by atoms with Crippen LogP contribution in [0.3, 0.4) is 0 Å². The van der Waals surface area contributed by atoms with Gasteiger partial charge < -0.3 is 21.8 Å². The molecule has 2 heterocycles. The summed E-state index contributed by atoms with van der Waals surface area (Å²) in [5, 5.41) is 4.08. The third-order valence-electron chi connectivity index (χ3n) is 3.48. The third-order valence-corrected chi connectivity index (χ3v) is 4.17. The van der Waals surface area contributed by atoms with Crippen molar-refractivity contribution in [2.24, 2.45) is 11.5 Å². The second kappa shape index (κ2) is 6.58. The van der Waals surface area contributed by atoms with Gasteiger partial charge in [-0.3, -0.25) is 4.79 Å². The van der Waals surface area contributed by atoms with Crippen molar-refractivity contribution < 1.29 is 4.79 Å². The van der Waals surface area contributed by atoms with E-state index in [0.717, 1.165) is 15.4 Å². The fraction of sp³-hybridized carbons (Fsp3) is 0.188. The molecule has 3 rings (SSSR count). The summed E-state index contributed by atoms with van der Waals surface area (Å²) in [5.74, 6) is -0.0982. The smallest absolute Gasteiger partial charge is 0.269 e. The summed E-state index contributed by atoms with van der Waals surface area (Å²) in [7, 11) is 0. The molecule has 0 aliphatic rings. The lowest BCUT2D eigenvalue weighted by atomic mass is 10.2. The van der Waals surface area contributed by atoms with Crippen molar-refractivity contribution in [3.8, 4) is 11.4 Å². The largest absolute Gasteiger partial charge is 0.367 e. The zero-order chi connectivity index (χ0) is 17.3. The number of hydrogen-bond donors (Lipinski definition) is 4. The number of hydrogen-bond acceptors (Lipinski definition) is 5. The monoisotopic (exact) mass is 388 g/mol. The Morgan fingerprint density at radius 1 is 1.46 bits per heavy atom. The molecule has 1 aromatic carbocycles. The van der Waals surface area contributed by atoms with E-state index in [1.54, 1.807) is 0 Å². The van der Waals surface area contributed by atoms with Crippen molar-refractivity contribution in [3.05, 3.63) is 40.6 Å². The van der Waals surface area contributed by atoms with Gasteiger partial charge in [-0.25, -0.2) is 9.97 Å². The number of carbonyl (C=O) groups is 1. The Labute approximate surface area is 147 Å². The van der Waals surface area contributed by atoms with Gasteiger partial charge in [-0.2, -0.15) is 0 Å². The number of fused-ring (bicyclic) bond motifs is 1. The fourth-order valence-electron chi connectivity index (χ4n) is 2.35. The quantitative estimate of drug-likeness (QED) is 0.533. The molecule has 0 spiro atoms. The van der Waals surface area contributed by atoms with Crippen molar-refractivity contribution >= 4 is 38.6 Å². The van der Waals surface area contributed by atoms with Crippen LogP contribution >= 0.6 is 15.9 Å². The number of halogens is 1. The number of primary amides is 1. The molecular formula is C16H17BrN6O. The van der Waals surface area contributed by atoms with Crippen molar-refractivity contribution in [1.82, 2.24) is 15.0 Å². The standard InChI is InChI=1S/C16H17BrN6O/c1-8(18)6-20-13-7-21-15(16(19)24)14(23-13)12-5-9-10(17)3-2-4-11(9)22-12/h2-5,7-8,22H,6,18H2,1H3,(H2,19,24)(H,20,23)/t8-/m0/s1. The number of rotatable bonds is 5. The molecule has 3 aromatic rings. The van der Waals surface area contributed by atoms with E-state index in [1.165, 1.54) is 6.20 Å². The maximum absolute atomic E-state index is 11.7. The highest BCUT2D eigenvalue weighted by atomic mass is 79.9. The molecule has 1 amide bonds. The first-order valence-electron chi connectivity index (χ1n) is 7.39. The summed E-state index contributed by atoms with van der Waals surface area (Å²) in [5.41, 5.74) is 13.3. The van der Waals surface area contributed by atoms with Crippen LogP contribution in [0.5, 0.6) is 0 Å². The van der Waals surface area contributed by atoms with E-state index in [0.29, 0.717) is 23.8 Å². The van der Waals surface area contributed by atoms with E-state index in [9.17, 15) is 4.79 Å². The molecule has 0 radical (unpaired) electrons. The van der Waals surface area contributed by atoms with Crippen LogP contribution in [-0.2, 0) is 0 Å². The van der Waals surface area contributed by atoms with Gasteiger partial charge in [0.15, 0.2) is 5.69 Å². The van der Waals surface area contributed by atoms with Gasteiger partial charge in [0.05, 0.1) is 11.9 Å².